The lowest BCUT2D eigenvalue weighted by atomic mass is 10.4. The molecule has 3 rings (SSSR count). The van der Waals surface area contributed by atoms with Crippen LogP contribution in [0.1, 0.15) is 30.1 Å². The molecule has 0 atom stereocenters. The first-order chi connectivity index (χ1) is 7.72. The summed E-state index contributed by atoms with van der Waals surface area (Å²) in [6.45, 7) is 2.02. The van der Waals surface area contributed by atoms with Gasteiger partial charge in [-0.05, 0) is 41.3 Å². The molecule has 1 saturated carbocycles. The highest BCUT2D eigenvalue weighted by atomic mass is 79.9. The second-order valence-electron chi connectivity index (χ2n) is 4.14. The zero-order valence-corrected chi connectivity index (χ0v) is 10.5. The van der Waals surface area contributed by atoms with Crippen LogP contribution >= 0.6 is 15.9 Å². The van der Waals surface area contributed by atoms with Crippen molar-refractivity contribution in [2.75, 3.05) is 0 Å². The Morgan fingerprint density at radius 2 is 2.19 bits per heavy atom. The molecule has 0 amide bonds. The molecule has 0 N–H and O–H groups in total. The molecule has 1 aliphatic carbocycles. The number of halogens is 1. The van der Waals surface area contributed by atoms with E-state index in [1.165, 1.54) is 12.8 Å². The Bertz CT molecular complexity index is 531. The van der Waals surface area contributed by atoms with Crippen LogP contribution in [0.25, 0.3) is 5.82 Å². The molecular formula is C11H11BrN4. The van der Waals surface area contributed by atoms with Crippen molar-refractivity contribution in [2.45, 2.75) is 25.7 Å². The zero-order valence-electron chi connectivity index (χ0n) is 8.89. The molecule has 82 valence electrons. The van der Waals surface area contributed by atoms with Crippen LogP contribution in [-0.2, 0) is 0 Å². The highest BCUT2D eigenvalue weighted by Gasteiger charge is 2.27. The predicted octanol–water partition coefficient (Wildman–Crippen LogP) is 2.61. The van der Waals surface area contributed by atoms with E-state index >= 15 is 0 Å². The maximum absolute atomic E-state index is 4.54. The molecule has 2 heterocycles. The summed E-state index contributed by atoms with van der Waals surface area (Å²) in [7, 11) is 0. The molecule has 0 saturated heterocycles. The average molecular weight is 279 g/mol. The van der Waals surface area contributed by atoms with Gasteiger partial charge >= 0.3 is 0 Å². The van der Waals surface area contributed by atoms with E-state index in [1.807, 2.05) is 25.4 Å². The van der Waals surface area contributed by atoms with Crippen LogP contribution in [0, 0.1) is 6.92 Å². The van der Waals surface area contributed by atoms with E-state index < -0.39 is 0 Å². The molecule has 16 heavy (non-hydrogen) atoms. The number of hydrogen-bond acceptors (Lipinski definition) is 3. The quantitative estimate of drug-likeness (QED) is 0.794. The minimum Gasteiger partial charge on any atom is -0.226 e. The molecule has 0 spiro atoms. The van der Waals surface area contributed by atoms with E-state index in [0.717, 1.165) is 21.8 Å². The number of hydrogen-bond donors (Lipinski definition) is 0. The summed E-state index contributed by atoms with van der Waals surface area (Å²) in [5.41, 5.74) is 1.13. The molecule has 0 radical (unpaired) electrons. The van der Waals surface area contributed by atoms with Gasteiger partial charge < -0.3 is 0 Å². The van der Waals surface area contributed by atoms with Crippen LogP contribution in [-0.4, -0.2) is 19.7 Å². The molecule has 0 bridgehead atoms. The van der Waals surface area contributed by atoms with Crippen molar-refractivity contribution >= 4 is 15.9 Å². The summed E-state index contributed by atoms with van der Waals surface area (Å²) in [6.07, 6.45) is 6.19. The van der Waals surface area contributed by atoms with Gasteiger partial charge in [-0.15, -0.1) is 0 Å². The van der Waals surface area contributed by atoms with Crippen molar-refractivity contribution in [3.63, 3.8) is 0 Å². The molecule has 0 aromatic carbocycles. The van der Waals surface area contributed by atoms with Gasteiger partial charge in [0.2, 0.25) is 0 Å². The molecule has 5 heteroatoms. The monoisotopic (exact) mass is 278 g/mol. The first-order valence-corrected chi connectivity index (χ1v) is 6.08. The Morgan fingerprint density at radius 3 is 2.81 bits per heavy atom. The summed E-state index contributed by atoms with van der Waals surface area (Å²) in [5.74, 6) is 2.31. The normalized spacial score (nSPS) is 15.4. The van der Waals surface area contributed by atoms with E-state index in [4.69, 9.17) is 0 Å². The molecule has 2 aromatic rings. The van der Waals surface area contributed by atoms with Gasteiger partial charge in [0.15, 0.2) is 5.82 Å². The minimum absolute atomic E-state index is 0.549. The largest absolute Gasteiger partial charge is 0.226 e. The summed E-state index contributed by atoms with van der Waals surface area (Å²) < 4.78 is 2.61. The minimum atomic E-state index is 0.549. The van der Waals surface area contributed by atoms with Crippen molar-refractivity contribution in [3.05, 3.63) is 34.5 Å². The third-order valence-corrected chi connectivity index (χ3v) is 2.99. The van der Waals surface area contributed by atoms with Gasteiger partial charge in [0.25, 0.3) is 0 Å². The smallest absolute Gasteiger partial charge is 0.158 e. The van der Waals surface area contributed by atoms with E-state index in [1.54, 1.807) is 4.68 Å². The van der Waals surface area contributed by atoms with Crippen molar-refractivity contribution in [1.29, 1.82) is 0 Å². The summed E-state index contributed by atoms with van der Waals surface area (Å²) in [6, 6.07) is 1.89. The number of rotatable bonds is 2. The van der Waals surface area contributed by atoms with Crippen molar-refractivity contribution in [1.82, 2.24) is 19.7 Å². The lowest BCUT2D eigenvalue weighted by Gasteiger charge is -2.03. The second-order valence-corrected chi connectivity index (χ2v) is 4.96. The van der Waals surface area contributed by atoms with Gasteiger partial charge in [-0.1, -0.05) is 0 Å². The number of aromatic nitrogens is 4. The standard InChI is InChI=1S/C11H11BrN4/c1-7-5-13-16(6-7)10-4-9(12)14-11(15-10)8-2-3-8/h4-6,8H,2-3H2,1H3. The van der Waals surface area contributed by atoms with E-state index in [9.17, 15) is 0 Å². The third-order valence-electron chi connectivity index (χ3n) is 2.59. The topological polar surface area (TPSA) is 43.6 Å². The van der Waals surface area contributed by atoms with Crippen LogP contribution in [0.3, 0.4) is 0 Å². The molecule has 0 unspecified atom stereocenters. The summed E-state index contributed by atoms with van der Waals surface area (Å²) >= 11 is 3.42. The lowest BCUT2D eigenvalue weighted by Crippen LogP contribution is -2.02. The Balaban J connectivity index is 2.06. The van der Waals surface area contributed by atoms with Crippen LogP contribution in [0.2, 0.25) is 0 Å². The molecule has 4 nitrogen and oxygen atoms in total. The van der Waals surface area contributed by atoms with E-state index in [-0.39, 0.29) is 0 Å². The first kappa shape index (κ1) is 9.96. The number of nitrogens with zero attached hydrogens (tertiary/aromatic N) is 4. The van der Waals surface area contributed by atoms with Crippen LogP contribution in [0.5, 0.6) is 0 Å². The van der Waals surface area contributed by atoms with Gasteiger partial charge in [0.1, 0.15) is 10.4 Å². The van der Waals surface area contributed by atoms with E-state index in [2.05, 4.69) is 31.0 Å². The predicted molar refractivity (Wildman–Crippen MR) is 63.6 cm³/mol. The third kappa shape index (κ3) is 1.87. The van der Waals surface area contributed by atoms with Gasteiger partial charge in [-0.2, -0.15) is 5.10 Å². The lowest BCUT2D eigenvalue weighted by molar-refractivity contribution is 0.804. The highest BCUT2D eigenvalue weighted by Crippen LogP contribution is 2.38. The zero-order chi connectivity index (χ0) is 11.1. The Kier molecular flexibility index (Phi) is 2.28. The molecule has 0 aliphatic heterocycles. The van der Waals surface area contributed by atoms with Crippen LogP contribution < -0.4 is 0 Å². The Hall–Kier alpha value is -1.23. The fraction of sp³-hybridized carbons (Fsp3) is 0.364. The Labute approximate surface area is 102 Å². The molecule has 1 fully saturated rings. The van der Waals surface area contributed by atoms with Crippen molar-refractivity contribution < 1.29 is 0 Å². The Morgan fingerprint density at radius 1 is 1.38 bits per heavy atom. The van der Waals surface area contributed by atoms with Crippen molar-refractivity contribution in [2.24, 2.45) is 0 Å². The van der Waals surface area contributed by atoms with Crippen LogP contribution in [0.4, 0.5) is 0 Å². The molecular weight excluding hydrogens is 268 g/mol. The van der Waals surface area contributed by atoms with E-state index in [0.29, 0.717) is 5.92 Å². The fourth-order valence-electron chi connectivity index (χ4n) is 1.60. The van der Waals surface area contributed by atoms with Gasteiger partial charge in [0, 0.05) is 18.2 Å². The van der Waals surface area contributed by atoms with Gasteiger partial charge in [-0.3, -0.25) is 0 Å². The SMILES string of the molecule is Cc1cnn(-c2cc(Br)nc(C3CC3)n2)c1. The maximum Gasteiger partial charge on any atom is 0.158 e. The second kappa shape index (κ2) is 3.66. The van der Waals surface area contributed by atoms with Crippen LogP contribution in [0.15, 0.2) is 23.1 Å². The van der Waals surface area contributed by atoms with Gasteiger partial charge in [-0.25, -0.2) is 14.6 Å². The average Bonchev–Trinajstić information content (AvgIpc) is 3.01. The summed E-state index contributed by atoms with van der Waals surface area (Å²) in [4.78, 5) is 8.93. The van der Waals surface area contributed by atoms with Crippen molar-refractivity contribution in [3.8, 4) is 5.82 Å². The number of aryl methyl sites for hydroxylation is 1. The fourth-order valence-corrected chi connectivity index (χ4v) is 1.99. The summed E-state index contributed by atoms with van der Waals surface area (Å²) in [5, 5.41) is 4.25. The molecule has 1 aliphatic rings. The maximum atomic E-state index is 4.54. The first-order valence-electron chi connectivity index (χ1n) is 5.28. The van der Waals surface area contributed by atoms with Gasteiger partial charge in [0.05, 0.1) is 6.20 Å². The molecule has 2 aromatic heterocycles. The highest BCUT2D eigenvalue weighted by molar-refractivity contribution is 9.10.